The van der Waals surface area contributed by atoms with Crippen LogP contribution in [0.5, 0.6) is 0 Å². The molecule has 1 saturated heterocycles. The monoisotopic (exact) mass is 351 g/mol. The van der Waals surface area contributed by atoms with Crippen LogP contribution >= 0.6 is 0 Å². The first-order valence-electron chi connectivity index (χ1n) is 9.08. The predicted molar refractivity (Wildman–Crippen MR) is 104 cm³/mol. The van der Waals surface area contributed by atoms with Gasteiger partial charge in [-0.25, -0.2) is 0 Å². The first kappa shape index (κ1) is 18.0. The van der Waals surface area contributed by atoms with E-state index >= 15 is 0 Å². The zero-order valence-corrected chi connectivity index (χ0v) is 15.1. The van der Waals surface area contributed by atoms with Gasteiger partial charge in [-0.15, -0.1) is 0 Å². The fourth-order valence-corrected chi connectivity index (χ4v) is 3.20. The summed E-state index contributed by atoms with van der Waals surface area (Å²) >= 11 is 0. The molecule has 0 radical (unpaired) electrons. The average molecular weight is 351 g/mol. The molecule has 0 saturated carbocycles. The molecule has 2 aromatic rings. The Balaban J connectivity index is 1.52. The Morgan fingerprint density at radius 2 is 1.77 bits per heavy atom. The number of benzene rings is 2. The summed E-state index contributed by atoms with van der Waals surface area (Å²) in [6, 6.07) is 15.6. The van der Waals surface area contributed by atoms with Gasteiger partial charge in [0.25, 0.3) is 0 Å². The lowest BCUT2D eigenvalue weighted by Gasteiger charge is -2.17. The van der Waals surface area contributed by atoms with E-state index < -0.39 is 0 Å². The van der Waals surface area contributed by atoms with Crippen LogP contribution in [0.4, 0.5) is 11.4 Å². The van der Waals surface area contributed by atoms with Crippen LogP contribution in [0.1, 0.15) is 24.5 Å². The lowest BCUT2D eigenvalue weighted by Crippen LogP contribution is -2.34. The molecule has 26 heavy (non-hydrogen) atoms. The van der Waals surface area contributed by atoms with Crippen LogP contribution in [0.25, 0.3) is 0 Å². The maximum absolute atomic E-state index is 12.4. The summed E-state index contributed by atoms with van der Waals surface area (Å²) in [6.45, 7) is 3.09. The molecule has 1 atom stereocenters. The van der Waals surface area contributed by atoms with Crippen molar-refractivity contribution in [3.63, 3.8) is 0 Å². The third kappa shape index (κ3) is 4.23. The molecule has 0 aromatic heterocycles. The third-order valence-electron chi connectivity index (χ3n) is 4.84. The van der Waals surface area contributed by atoms with Gasteiger partial charge in [0.1, 0.15) is 0 Å². The van der Waals surface area contributed by atoms with Crippen molar-refractivity contribution < 1.29 is 9.59 Å². The van der Waals surface area contributed by atoms with Gasteiger partial charge in [-0.1, -0.05) is 31.2 Å². The Morgan fingerprint density at radius 3 is 2.42 bits per heavy atom. The number of amides is 2. The molecule has 1 unspecified atom stereocenters. The largest absolute Gasteiger partial charge is 0.399 e. The van der Waals surface area contributed by atoms with E-state index in [0.29, 0.717) is 13.1 Å². The maximum Gasteiger partial charge on any atom is 0.227 e. The van der Waals surface area contributed by atoms with Crippen molar-refractivity contribution in [2.24, 2.45) is 5.92 Å². The van der Waals surface area contributed by atoms with Gasteiger partial charge >= 0.3 is 0 Å². The van der Waals surface area contributed by atoms with E-state index in [1.54, 1.807) is 4.90 Å². The summed E-state index contributed by atoms with van der Waals surface area (Å²) in [4.78, 5) is 26.4. The van der Waals surface area contributed by atoms with Crippen LogP contribution in [0.15, 0.2) is 48.5 Å². The molecule has 0 aliphatic carbocycles. The van der Waals surface area contributed by atoms with Crippen molar-refractivity contribution >= 4 is 23.2 Å². The van der Waals surface area contributed by atoms with E-state index in [4.69, 9.17) is 5.73 Å². The van der Waals surface area contributed by atoms with E-state index in [-0.39, 0.29) is 24.2 Å². The smallest absolute Gasteiger partial charge is 0.227 e. The zero-order chi connectivity index (χ0) is 18.5. The number of nitrogens with zero attached hydrogens (tertiary/aromatic N) is 1. The molecular weight excluding hydrogens is 326 g/mol. The topological polar surface area (TPSA) is 75.4 Å². The minimum absolute atomic E-state index is 0.00735. The molecule has 5 heteroatoms. The van der Waals surface area contributed by atoms with Crippen molar-refractivity contribution in [3.05, 3.63) is 59.7 Å². The van der Waals surface area contributed by atoms with E-state index in [1.165, 1.54) is 5.56 Å². The number of aryl methyl sites for hydroxylation is 1. The van der Waals surface area contributed by atoms with E-state index in [1.807, 2.05) is 48.5 Å². The van der Waals surface area contributed by atoms with Gasteiger partial charge in [0, 0.05) is 30.9 Å². The number of nitrogen functional groups attached to an aromatic ring is 1. The van der Waals surface area contributed by atoms with E-state index in [2.05, 4.69) is 12.2 Å². The molecule has 1 fully saturated rings. The Bertz CT molecular complexity index is 769. The fourth-order valence-electron chi connectivity index (χ4n) is 3.20. The average Bonchev–Trinajstić information content (AvgIpc) is 3.05. The highest BCUT2D eigenvalue weighted by Crippen LogP contribution is 2.25. The summed E-state index contributed by atoms with van der Waals surface area (Å²) in [5.41, 5.74) is 9.62. The van der Waals surface area contributed by atoms with Gasteiger partial charge in [-0.05, 0) is 48.2 Å². The minimum Gasteiger partial charge on any atom is -0.399 e. The van der Waals surface area contributed by atoms with Crippen molar-refractivity contribution in [2.45, 2.75) is 26.2 Å². The highest BCUT2D eigenvalue weighted by Gasteiger charge is 2.34. The van der Waals surface area contributed by atoms with Crippen LogP contribution < -0.4 is 16.0 Å². The summed E-state index contributed by atoms with van der Waals surface area (Å²) in [7, 11) is 0. The maximum atomic E-state index is 12.4. The second-order valence-corrected chi connectivity index (χ2v) is 6.71. The number of hydrogen-bond donors (Lipinski definition) is 2. The molecule has 1 heterocycles. The number of carbonyl (C=O) groups is 2. The van der Waals surface area contributed by atoms with E-state index in [0.717, 1.165) is 29.8 Å². The predicted octanol–water partition coefficient (Wildman–Crippen LogP) is 2.54. The molecule has 1 aliphatic heterocycles. The lowest BCUT2D eigenvalue weighted by atomic mass is 10.1. The second-order valence-electron chi connectivity index (χ2n) is 6.71. The van der Waals surface area contributed by atoms with Gasteiger partial charge in [0.2, 0.25) is 11.8 Å². The van der Waals surface area contributed by atoms with Crippen LogP contribution in [-0.2, 0) is 22.4 Å². The third-order valence-corrected chi connectivity index (χ3v) is 4.84. The minimum atomic E-state index is -0.292. The number of hydrogen-bond acceptors (Lipinski definition) is 3. The summed E-state index contributed by atoms with van der Waals surface area (Å²) in [6.07, 6.45) is 1.98. The highest BCUT2D eigenvalue weighted by molar-refractivity contribution is 6.00. The van der Waals surface area contributed by atoms with Crippen molar-refractivity contribution in [2.75, 3.05) is 23.7 Å². The fraction of sp³-hybridized carbons (Fsp3) is 0.333. The molecule has 2 aromatic carbocycles. The summed E-state index contributed by atoms with van der Waals surface area (Å²) < 4.78 is 0. The Hall–Kier alpha value is -2.82. The molecule has 2 amide bonds. The van der Waals surface area contributed by atoms with Crippen molar-refractivity contribution in [1.29, 1.82) is 0 Å². The van der Waals surface area contributed by atoms with Gasteiger partial charge in [0.05, 0.1) is 5.92 Å². The lowest BCUT2D eigenvalue weighted by molar-refractivity contribution is -0.126. The summed E-state index contributed by atoms with van der Waals surface area (Å²) in [5.74, 6) is -0.339. The molecule has 5 nitrogen and oxygen atoms in total. The quantitative estimate of drug-likeness (QED) is 0.786. The molecular formula is C21H25N3O2. The van der Waals surface area contributed by atoms with E-state index in [9.17, 15) is 9.59 Å². The number of anilines is 2. The number of carbonyl (C=O) groups excluding carboxylic acids is 2. The van der Waals surface area contributed by atoms with Crippen molar-refractivity contribution in [1.82, 2.24) is 5.32 Å². The van der Waals surface area contributed by atoms with Crippen LogP contribution in [-0.4, -0.2) is 24.9 Å². The standard InChI is InChI=1S/C21H25N3O2/c1-2-15-5-9-19(10-6-15)24-14-17(13-20(24)25)21(26)23-12-11-16-3-7-18(22)8-4-16/h3-10,17H,2,11-14,22H2,1H3,(H,23,26). The van der Waals surface area contributed by atoms with Gasteiger partial charge in [-0.3, -0.25) is 9.59 Å². The normalized spacial score (nSPS) is 16.7. The van der Waals surface area contributed by atoms with Crippen molar-refractivity contribution in [3.8, 4) is 0 Å². The highest BCUT2D eigenvalue weighted by atomic mass is 16.2. The Morgan fingerprint density at radius 1 is 1.12 bits per heavy atom. The molecule has 0 bridgehead atoms. The number of nitrogens with one attached hydrogen (secondary N) is 1. The molecule has 136 valence electrons. The van der Waals surface area contributed by atoms with Crippen LogP contribution in [0.2, 0.25) is 0 Å². The van der Waals surface area contributed by atoms with Gasteiger partial charge < -0.3 is 16.0 Å². The van der Waals surface area contributed by atoms with Crippen LogP contribution in [0.3, 0.4) is 0 Å². The zero-order valence-electron chi connectivity index (χ0n) is 15.1. The van der Waals surface area contributed by atoms with Gasteiger partial charge in [0.15, 0.2) is 0 Å². The second kappa shape index (κ2) is 8.04. The molecule has 3 rings (SSSR count). The Labute approximate surface area is 154 Å². The Kier molecular flexibility index (Phi) is 5.56. The number of nitrogens with two attached hydrogens (primary N) is 1. The molecule has 1 aliphatic rings. The SMILES string of the molecule is CCc1ccc(N2CC(C(=O)NCCc3ccc(N)cc3)CC2=O)cc1. The molecule has 3 N–H and O–H groups in total. The number of rotatable bonds is 6. The first-order valence-corrected chi connectivity index (χ1v) is 9.08. The van der Waals surface area contributed by atoms with Crippen LogP contribution in [0, 0.1) is 5.92 Å². The summed E-state index contributed by atoms with van der Waals surface area (Å²) in [5, 5.41) is 2.95. The van der Waals surface area contributed by atoms with Gasteiger partial charge in [-0.2, -0.15) is 0 Å². The first-order chi connectivity index (χ1) is 12.6. The molecule has 0 spiro atoms.